The molecule has 0 bridgehead atoms. The maximum atomic E-state index is 10.3. The van der Waals surface area contributed by atoms with Gasteiger partial charge in [-0.15, -0.1) is 0 Å². The van der Waals surface area contributed by atoms with E-state index in [0.29, 0.717) is 28.6 Å². The summed E-state index contributed by atoms with van der Waals surface area (Å²) in [7, 11) is -0.0977. The van der Waals surface area contributed by atoms with Gasteiger partial charge in [0.25, 0.3) is 0 Å². The van der Waals surface area contributed by atoms with Gasteiger partial charge in [-0.05, 0) is 60.6 Å². The highest BCUT2D eigenvalue weighted by atomic mass is 35.5. The van der Waals surface area contributed by atoms with Crippen LogP contribution < -0.4 is 10.5 Å². The molecule has 1 saturated carbocycles. The number of hydrogen-bond acceptors (Lipinski definition) is 3. The van der Waals surface area contributed by atoms with E-state index < -0.39 is 13.6 Å². The Morgan fingerprint density at radius 2 is 1.81 bits per heavy atom. The monoisotopic (exact) mass is 411 g/mol. The van der Waals surface area contributed by atoms with Crippen molar-refractivity contribution in [1.82, 2.24) is 0 Å². The molecule has 2 aliphatic carbocycles. The first-order valence-corrected chi connectivity index (χ1v) is 13.2. The number of halogens is 2. The third-order valence-electron chi connectivity index (χ3n) is 5.66. The summed E-state index contributed by atoms with van der Waals surface area (Å²) in [6, 6.07) is 3.86. The summed E-state index contributed by atoms with van der Waals surface area (Å²) in [4.78, 5) is 0. The normalized spacial score (nSPS) is 26.4. The Morgan fingerprint density at radius 1 is 1.23 bits per heavy atom. The zero-order valence-electron chi connectivity index (χ0n) is 16.0. The first kappa shape index (κ1) is 20.0. The van der Waals surface area contributed by atoms with Gasteiger partial charge in [0.05, 0.1) is 31.3 Å². The number of ether oxygens (including phenoxy) is 1. The number of hydrogen-bond donors (Lipinski definition) is 2. The molecule has 3 N–H and O–H groups in total. The smallest absolute Gasteiger partial charge is 0.156 e. The summed E-state index contributed by atoms with van der Waals surface area (Å²) in [6.45, 7) is 9.13. The van der Waals surface area contributed by atoms with Crippen molar-refractivity contribution in [3.63, 3.8) is 0 Å². The summed E-state index contributed by atoms with van der Waals surface area (Å²) < 4.78 is 5.30. The molecule has 0 spiro atoms. The molecule has 0 amide bonds. The highest BCUT2D eigenvalue weighted by Crippen LogP contribution is 2.51. The quantitative estimate of drug-likeness (QED) is 0.671. The van der Waals surface area contributed by atoms with E-state index in [0.717, 1.165) is 12.0 Å². The number of benzene rings is 1. The average molecular weight is 412 g/mol. The Hall–Kier alpha value is -0.783. The lowest BCUT2D eigenvalue weighted by Gasteiger charge is -2.40. The minimum atomic E-state index is -1.66. The van der Waals surface area contributed by atoms with Gasteiger partial charge in [-0.3, -0.25) is 0 Å². The predicted molar refractivity (Wildman–Crippen MR) is 113 cm³/mol. The Bertz CT molecular complexity index is 803. The van der Waals surface area contributed by atoms with Crippen LogP contribution in [0.2, 0.25) is 29.7 Å². The first-order valence-electron chi connectivity index (χ1n) is 8.92. The molecule has 0 unspecified atom stereocenters. The Labute approximate surface area is 166 Å². The molecule has 1 aromatic rings. The Morgan fingerprint density at radius 3 is 2.31 bits per heavy atom. The van der Waals surface area contributed by atoms with Crippen molar-refractivity contribution in [3.05, 3.63) is 44.1 Å². The fourth-order valence-electron chi connectivity index (χ4n) is 4.47. The first-order chi connectivity index (χ1) is 12.0. The number of rotatable bonds is 3. The predicted octanol–water partition coefficient (Wildman–Crippen LogP) is 5.21. The molecule has 3 nitrogen and oxygen atoms in total. The van der Waals surface area contributed by atoms with Gasteiger partial charge in [-0.1, -0.05) is 48.0 Å². The fourth-order valence-corrected chi connectivity index (χ4v) is 7.04. The molecular formula is C20H27Cl2NO2Si. The molecule has 0 heterocycles. The van der Waals surface area contributed by atoms with Crippen molar-refractivity contribution in [2.45, 2.75) is 57.5 Å². The van der Waals surface area contributed by atoms with Crippen molar-refractivity contribution in [3.8, 4) is 5.75 Å². The van der Waals surface area contributed by atoms with Gasteiger partial charge in [0.1, 0.15) is 0 Å². The fraction of sp³-hybridized carbons (Fsp3) is 0.500. The summed E-state index contributed by atoms with van der Waals surface area (Å²) in [5.74, 6) is 0.498. The molecule has 1 aromatic carbocycles. The molecule has 1 fully saturated rings. The van der Waals surface area contributed by atoms with Crippen LogP contribution in [0.5, 0.6) is 5.75 Å². The molecule has 6 heteroatoms. The summed E-state index contributed by atoms with van der Waals surface area (Å²) in [5, 5.41) is 12.7. The molecule has 0 radical (unpaired) electrons. The van der Waals surface area contributed by atoms with Crippen LogP contribution in [-0.4, -0.2) is 31.9 Å². The topological polar surface area (TPSA) is 55.5 Å². The maximum Gasteiger partial charge on any atom is 0.156 e. The van der Waals surface area contributed by atoms with Gasteiger partial charge in [-0.2, -0.15) is 0 Å². The van der Waals surface area contributed by atoms with E-state index in [2.05, 4.69) is 26.6 Å². The van der Waals surface area contributed by atoms with Gasteiger partial charge in [0.2, 0.25) is 0 Å². The third-order valence-corrected chi connectivity index (χ3v) is 8.46. The summed E-state index contributed by atoms with van der Waals surface area (Å²) in [6.07, 6.45) is 1.70. The van der Waals surface area contributed by atoms with E-state index in [4.69, 9.17) is 33.7 Å². The molecule has 142 valence electrons. The van der Waals surface area contributed by atoms with E-state index in [-0.39, 0.29) is 6.10 Å². The van der Waals surface area contributed by atoms with E-state index in [9.17, 15) is 5.11 Å². The van der Waals surface area contributed by atoms with E-state index >= 15 is 0 Å². The molecule has 0 aliphatic heterocycles. The molecular weight excluding hydrogens is 385 g/mol. The lowest BCUT2D eigenvalue weighted by molar-refractivity contribution is 0.174. The van der Waals surface area contributed by atoms with Crippen molar-refractivity contribution < 1.29 is 9.84 Å². The minimum Gasteiger partial charge on any atom is -0.494 e. The van der Waals surface area contributed by atoms with Crippen molar-refractivity contribution in [1.29, 1.82) is 0 Å². The van der Waals surface area contributed by atoms with Crippen molar-refractivity contribution in [2.75, 3.05) is 7.11 Å². The van der Waals surface area contributed by atoms with Crippen molar-refractivity contribution >= 4 is 36.8 Å². The lowest BCUT2D eigenvalue weighted by atomic mass is 9.78. The van der Waals surface area contributed by atoms with E-state index in [1.165, 1.54) is 21.9 Å². The number of aliphatic hydroxyl groups is 1. The van der Waals surface area contributed by atoms with Crippen LogP contribution in [0.4, 0.5) is 0 Å². The second-order valence-electron chi connectivity index (χ2n) is 8.58. The standard InChI is InChI=1S/C20H27Cl2NO2Si/c1-11-14-8-13(24)9-20(14,23)10-17(26(3,4)5)18(11)12-6-15(21)19(25-2)16(22)7-12/h6-7,13,24H,8-10,23H2,1-5H3/t13-,20-/m0/s1. The number of methoxy groups -OCH3 is 1. The molecule has 3 rings (SSSR count). The van der Waals surface area contributed by atoms with Crippen LogP contribution in [0.3, 0.4) is 0 Å². The molecule has 0 saturated heterocycles. The van der Waals surface area contributed by atoms with Crippen LogP contribution in [0.25, 0.3) is 5.57 Å². The largest absolute Gasteiger partial charge is 0.494 e. The average Bonchev–Trinajstić information content (AvgIpc) is 2.80. The molecule has 2 atom stereocenters. The highest BCUT2D eigenvalue weighted by Gasteiger charge is 2.46. The maximum absolute atomic E-state index is 10.3. The van der Waals surface area contributed by atoms with Crippen LogP contribution >= 0.6 is 23.2 Å². The highest BCUT2D eigenvalue weighted by molar-refractivity contribution is 6.84. The molecule has 0 aromatic heterocycles. The van der Waals surface area contributed by atoms with Crippen LogP contribution in [0, 0.1) is 0 Å². The molecule has 26 heavy (non-hydrogen) atoms. The second-order valence-corrected chi connectivity index (χ2v) is 14.5. The van der Waals surface area contributed by atoms with E-state index in [1.54, 1.807) is 7.11 Å². The number of aliphatic hydroxyl groups excluding tert-OH is 1. The van der Waals surface area contributed by atoms with Gasteiger partial charge < -0.3 is 15.6 Å². The van der Waals surface area contributed by atoms with Gasteiger partial charge >= 0.3 is 0 Å². The lowest BCUT2D eigenvalue weighted by Crippen LogP contribution is -2.45. The van der Waals surface area contributed by atoms with Crippen molar-refractivity contribution in [2.24, 2.45) is 5.73 Å². The van der Waals surface area contributed by atoms with Crippen LogP contribution in [-0.2, 0) is 0 Å². The van der Waals surface area contributed by atoms with Crippen LogP contribution in [0.15, 0.2) is 28.5 Å². The minimum absolute atomic E-state index is 0.366. The zero-order chi connectivity index (χ0) is 19.4. The van der Waals surface area contributed by atoms with Crippen LogP contribution in [0.1, 0.15) is 31.7 Å². The number of fused-ring (bicyclic) bond motifs is 1. The Balaban J connectivity index is 2.27. The van der Waals surface area contributed by atoms with Gasteiger partial charge in [0, 0.05) is 5.54 Å². The van der Waals surface area contributed by atoms with E-state index in [1.807, 2.05) is 12.1 Å². The summed E-state index contributed by atoms with van der Waals surface area (Å²) in [5.41, 5.74) is 10.9. The van der Waals surface area contributed by atoms with Gasteiger partial charge in [0.15, 0.2) is 5.75 Å². The van der Waals surface area contributed by atoms with Gasteiger partial charge in [-0.25, -0.2) is 0 Å². The Kier molecular flexibility index (Phi) is 5.13. The number of nitrogens with two attached hydrogens (primary N) is 1. The SMILES string of the molecule is COc1c(Cl)cc(C2=C([Si](C)(C)C)C[C@@]3(N)C[C@@H](O)CC3=C2C)cc1Cl. The zero-order valence-corrected chi connectivity index (χ0v) is 18.6. The third kappa shape index (κ3) is 3.27. The summed E-state index contributed by atoms with van der Waals surface area (Å²) >= 11 is 12.8. The molecule has 2 aliphatic rings. The number of allylic oxidation sites excluding steroid dienone is 2. The second kappa shape index (κ2) is 6.68.